The summed E-state index contributed by atoms with van der Waals surface area (Å²) in [5.74, 6) is 2.23. The van der Waals surface area contributed by atoms with E-state index in [1.54, 1.807) is 19.4 Å². The van der Waals surface area contributed by atoms with Crippen molar-refractivity contribution in [3.8, 4) is 5.88 Å². The molecule has 5 heteroatoms. The number of aromatic nitrogens is 2. The van der Waals surface area contributed by atoms with Gasteiger partial charge in [0.1, 0.15) is 17.6 Å². The molecule has 5 nitrogen and oxygen atoms in total. The van der Waals surface area contributed by atoms with Gasteiger partial charge in [-0.3, -0.25) is 0 Å². The van der Waals surface area contributed by atoms with Crippen LogP contribution < -0.4 is 4.74 Å². The summed E-state index contributed by atoms with van der Waals surface area (Å²) in [4.78, 5) is 7.74. The van der Waals surface area contributed by atoms with E-state index in [0.29, 0.717) is 11.4 Å². The number of allylic oxidation sites excluding steroid dienone is 3. The standard InChI is InChI=1S/C27H30N2O3/c1-7-19-11-22(27(31-6)29-13-19)26(30)23-14-28-24-9-8-15(2)10-20(12-21(23)24)25-16(3)17(4)32-18(25)5/h7,10-14,26,28,30H,1,8-9H2,2-6H3. The Kier molecular flexibility index (Phi) is 5.94. The molecule has 3 heterocycles. The van der Waals surface area contributed by atoms with E-state index >= 15 is 0 Å². The number of rotatable bonds is 5. The number of nitrogens with zero attached hydrogens (tertiary/aromatic N) is 1. The first kappa shape index (κ1) is 21.9. The summed E-state index contributed by atoms with van der Waals surface area (Å²) in [6, 6.07) is 1.87. The van der Waals surface area contributed by atoms with Crippen LogP contribution in [0.15, 0.2) is 41.1 Å². The Labute approximate surface area is 189 Å². The highest BCUT2D eigenvalue weighted by Crippen LogP contribution is 2.38. The van der Waals surface area contributed by atoms with Gasteiger partial charge in [0.05, 0.1) is 7.11 Å². The van der Waals surface area contributed by atoms with Gasteiger partial charge in [0.2, 0.25) is 5.88 Å². The fourth-order valence-electron chi connectivity index (χ4n) is 4.45. The lowest BCUT2D eigenvalue weighted by molar-refractivity contribution is 0.213. The molecule has 0 spiro atoms. The van der Waals surface area contributed by atoms with Crippen molar-refractivity contribution in [2.75, 3.05) is 7.11 Å². The summed E-state index contributed by atoms with van der Waals surface area (Å²) in [7, 11) is 1.56. The van der Waals surface area contributed by atoms with Crippen LogP contribution in [-0.2, 0) is 6.42 Å². The highest BCUT2D eigenvalue weighted by Gasteiger charge is 2.24. The molecule has 0 bridgehead atoms. The third-order valence-electron chi connectivity index (χ3n) is 6.28. The lowest BCUT2D eigenvalue weighted by Crippen LogP contribution is -2.06. The van der Waals surface area contributed by atoms with E-state index in [1.165, 1.54) is 5.57 Å². The largest absolute Gasteiger partial charge is 0.481 e. The van der Waals surface area contributed by atoms with Crippen molar-refractivity contribution in [3.63, 3.8) is 0 Å². The number of nitrogens with one attached hydrogen (secondary N) is 1. The zero-order valence-electron chi connectivity index (χ0n) is 19.4. The summed E-state index contributed by atoms with van der Waals surface area (Å²) in [5, 5.41) is 11.4. The van der Waals surface area contributed by atoms with E-state index in [0.717, 1.165) is 63.4 Å². The van der Waals surface area contributed by atoms with E-state index in [4.69, 9.17) is 9.15 Å². The van der Waals surface area contributed by atoms with Crippen molar-refractivity contribution in [3.05, 3.63) is 87.3 Å². The molecular formula is C27H30N2O3. The number of fused-ring (bicyclic) bond motifs is 1. The number of aliphatic hydroxyl groups is 1. The van der Waals surface area contributed by atoms with E-state index in [9.17, 15) is 5.11 Å². The summed E-state index contributed by atoms with van der Waals surface area (Å²) in [5.41, 5.74) is 8.99. The Hall–Kier alpha value is -3.31. The van der Waals surface area contributed by atoms with Crippen molar-refractivity contribution < 1.29 is 14.3 Å². The van der Waals surface area contributed by atoms with Crippen molar-refractivity contribution in [1.29, 1.82) is 0 Å². The SMILES string of the molecule is C=Cc1cnc(OC)c(C(O)c2c[nH]c3c2C=C(c2c(C)oc(C)c2C)C=C(C)CC3)c1. The summed E-state index contributed by atoms with van der Waals surface area (Å²) < 4.78 is 11.4. The van der Waals surface area contributed by atoms with Crippen molar-refractivity contribution >= 4 is 17.7 Å². The molecule has 1 unspecified atom stereocenters. The second-order valence-corrected chi connectivity index (χ2v) is 8.41. The van der Waals surface area contributed by atoms with Crippen LogP contribution >= 0.6 is 0 Å². The average molecular weight is 431 g/mol. The molecule has 0 fully saturated rings. The predicted octanol–water partition coefficient (Wildman–Crippen LogP) is 6.09. The molecule has 0 aromatic carbocycles. The van der Waals surface area contributed by atoms with Gasteiger partial charge in [0, 0.05) is 40.3 Å². The van der Waals surface area contributed by atoms with Gasteiger partial charge in [-0.2, -0.15) is 0 Å². The molecular weight excluding hydrogens is 400 g/mol. The van der Waals surface area contributed by atoms with Gasteiger partial charge in [-0.05, 0) is 69.4 Å². The van der Waals surface area contributed by atoms with Gasteiger partial charge in [-0.15, -0.1) is 0 Å². The minimum atomic E-state index is -0.896. The molecule has 3 aromatic heterocycles. The maximum absolute atomic E-state index is 11.4. The molecule has 32 heavy (non-hydrogen) atoms. The molecule has 0 saturated carbocycles. The maximum Gasteiger partial charge on any atom is 0.219 e. The number of hydrogen-bond donors (Lipinski definition) is 2. The first-order chi connectivity index (χ1) is 15.3. The Morgan fingerprint density at radius 3 is 2.59 bits per heavy atom. The van der Waals surface area contributed by atoms with E-state index in [1.807, 2.05) is 26.1 Å². The molecule has 0 amide bonds. The molecule has 1 aliphatic carbocycles. The van der Waals surface area contributed by atoms with Crippen LogP contribution in [0.3, 0.4) is 0 Å². The maximum atomic E-state index is 11.4. The topological polar surface area (TPSA) is 71.3 Å². The predicted molar refractivity (Wildman–Crippen MR) is 129 cm³/mol. The quantitative estimate of drug-likeness (QED) is 0.513. The molecule has 3 aromatic rings. The lowest BCUT2D eigenvalue weighted by atomic mass is 9.90. The molecule has 0 saturated heterocycles. The van der Waals surface area contributed by atoms with Crippen molar-refractivity contribution in [1.82, 2.24) is 9.97 Å². The number of furan rings is 1. The minimum absolute atomic E-state index is 0.404. The van der Waals surface area contributed by atoms with Crippen LogP contribution in [0, 0.1) is 20.8 Å². The number of pyridine rings is 1. The first-order valence-corrected chi connectivity index (χ1v) is 10.8. The van der Waals surface area contributed by atoms with E-state index < -0.39 is 6.10 Å². The normalized spacial score (nSPS) is 14.7. The second-order valence-electron chi connectivity index (χ2n) is 8.41. The number of aliphatic hydroxyl groups excluding tert-OH is 1. The zero-order chi connectivity index (χ0) is 23.0. The molecule has 1 aliphatic rings. The number of hydrogen-bond acceptors (Lipinski definition) is 4. The molecule has 2 N–H and O–H groups in total. The first-order valence-electron chi connectivity index (χ1n) is 10.8. The van der Waals surface area contributed by atoms with Crippen LogP contribution in [0.4, 0.5) is 0 Å². The lowest BCUT2D eigenvalue weighted by Gasteiger charge is -2.17. The number of aromatic amines is 1. The van der Waals surface area contributed by atoms with Gasteiger partial charge in [0.25, 0.3) is 0 Å². The van der Waals surface area contributed by atoms with E-state index in [2.05, 4.69) is 42.5 Å². The van der Waals surface area contributed by atoms with E-state index in [-0.39, 0.29) is 0 Å². The van der Waals surface area contributed by atoms with Crippen LogP contribution in [0.5, 0.6) is 5.88 Å². The van der Waals surface area contributed by atoms with Crippen LogP contribution in [0.25, 0.3) is 17.7 Å². The zero-order valence-corrected chi connectivity index (χ0v) is 19.4. The summed E-state index contributed by atoms with van der Waals surface area (Å²) in [6.45, 7) is 12.1. The van der Waals surface area contributed by atoms with Crippen molar-refractivity contribution in [2.45, 2.75) is 46.6 Å². The molecule has 0 radical (unpaired) electrons. The molecule has 166 valence electrons. The number of aryl methyl sites for hydroxylation is 3. The van der Waals surface area contributed by atoms with Gasteiger partial charge in [-0.25, -0.2) is 4.98 Å². The molecule has 1 atom stereocenters. The highest BCUT2D eigenvalue weighted by molar-refractivity contribution is 5.91. The second kappa shape index (κ2) is 8.67. The summed E-state index contributed by atoms with van der Waals surface area (Å²) >= 11 is 0. The third kappa shape index (κ3) is 3.84. The van der Waals surface area contributed by atoms with Crippen LogP contribution in [0.1, 0.15) is 70.0 Å². The minimum Gasteiger partial charge on any atom is -0.481 e. The summed E-state index contributed by atoms with van der Waals surface area (Å²) in [6.07, 6.45) is 10.6. The fourth-order valence-corrected chi connectivity index (χ4v) is 4.45. The van der Waals surface area contributed by atoms with Gasteiger partial charge in [-0.1, -0.05) is 24.3 Å². The molecule has 4 rings (SSSR count). The Balaban J connectivity index is 1.89. The van der Waals surface area contributed by atoms with Crippen molar-refractivity contribution in [2.24, 2.45) is 0 Å². The molecule has 0 aliphatic heterocycles. The highest BCUT2D eigenvalue weighted by atomic mass is 16.5. The van der Waals surface area contributed by atoms with Crippen LogP contribution in [0.2, 0.25) is 0 Å². The van der Waals surface area contributed by atoms with Gasteiger partial charge < -0.3 is 19.2 Å². The number of ether oxygens (including phenoxy) is 1. The van der Waals surface area contributed by atoms with Gasteiger partial charge in [0.15, 0.2) is 0 Å². The number of H-pyrrole nitrogens is 1. The Morgan fingerprint density at radius 1 is 1.16 bits per heavy atom. The Morgan fingerprint density at radius 2 is 1.94 bits per heavy atom. The van der Waals surface area contributed by atoms with Gasteiger partial charge >= 0.3 is 0 Å². The van der Waals surface area contributed by atoms with Crippen LogP contribution in [-0.4, -0.2) is 22.2 Å². The monoisotopic (exact) mass is 430 g/mol. The average Bonchev–Trinajstić information content (AvgIpc) is 3.28. The smallest absolute Gasteiger partial charge is 0.219 e. The fraction of sp³-hybridized carbons (Fsp3) is 0.296. The third-order valence-corrected chi connectivity index (χ3v) is 6.28. The Bertz CT molecular complexity index is 1240. The number of methoxy groups -OCH3 is 1.